The second kappa shape index (κ2) is 6.64. The van der Waals surface area contributed by atoms with Crippen LogP contribution in [-0.4, -0.2) is 30.5 Å². The number of hydrogen-bond acceptors (Lipinski definition) is 2. The van der Waals surface area contributed by atoms with Crippen molar-refractivity contribution in [1.82, 2.24) is 9.88 Å². The molecule has 0 aromatic carbocycles. The summed E-state index contributed by atoms with van der Waals surface area (Å²) in [5.41, 5.74) is 2.50. The van der Waals surface area contributed by atoms with Crippen LogP contribution in [0.4, 0.5) is 0 Å². The maximum atomic E-state index is 4.53. The molecule has 0 saturated heterocycles. The third-order valence-electron chi connectivity index (χ3n) is 3.00. The van der Waals surface area contributed by atoms with Gasteiger partial charge in [0.15, 0.2) is 0 Å². The highest BCUT2D eigenvalue weighted by atomic mass is 15.0. The maximum absolute atomic E-state index is 4.53. The number of nitrogens with zero attached hydrogens (tertiary/aromatic N) is 2. The summed E-state index contributed by atoms with van der Waals surface area (Å²) in [5, 5.41) is 0. The molecule has 0 bridgehead atoms. The van der Waals surface area contributed by atoms with E-state index < -0.39 is 0 Å². The van der Waals surface area contributed by atoms with Gasteiger partial charge in [0.2, 0.25) is 0 Å². The first kappa shape index (κ1) is 13.2. The van der Waals surface area contributed by atoms with E-state index in [9.17, 15) is 0 Å². The fourth-order valence-corrected chi connectivity index (χ4v) is 1.94. The van der Waals surface area contributed by atoms with Gasteiger partial charge in [0.25, 0.3) is 0 Å². The van der Waals surface area contributed by atoms with Crippen LogP contribution < -0.4 is 0 Å². The summed E-state index contributed by atoms with van der Waals surface area (Å²) in [6.07, 6.45) is 5.65. The van der Waals surface area contributed by atoms with E-state index >= 15 is 0 Å². The van der Waals surface area contributed by atoms with Crippen molar-refractivity contribution in [2.24, 2.45) is 0 Å². The Kier molecular flexibility index (Phi) is 5.47. The molecule has 16 heavy (non-hydrogen) atoms. The quantitative estimate of drug-likeness (QED) is 0.731. The Hall–Kier alpha value is -0.890. The van der Waals surface area contributed by atoms with Gasteiger partial charge >= 0.3 is 0 Å². The monoisotopic (exact) mass is 220 g/mol. The molecular weight excluding hydrogens is 196 g/mol. The van der Waals surface area contributed by atoms with Crippen molar-refractivity contribution in [2.45, 2.75) is 39.0 Å². The zero-order valence-electron chi connectivity index (χ0n) is 11.0. The first-order valence-electron chi connectivity index (χ1n) is 6.20. The molecule has 0 N–H and O–H groups in total. The molecule has 1 heterocycles. The van der Waals surface area contributed by atoms with E-state index in [-0.39, 0.29) is 0 Å². The molecule has 1 unspecified atom stereocenters. The van der Waals surface area contributed by atoms with Crippen molar-refractivity contribution in [1.29, 1.82) is 0 Å². The fourth-order valence-electron chi connectivity index (χ4n) is 1.94. The number of rotatable bonds is 6. The molecular formula is C14H24N2. The number of aromatic nitrogens is 1. The number of pyridine rings is 1. The van der Waals surface area contributed by atoms with Gasteiger partial charge < -0.3 is 4.90 Å². The summed E-state index contributed by atoms with van der Waals surface area (Å²) >= 11 is 0. The van der Waals surface area contributed by atoms with Crippen molar-refractivity contribution >= 4 is 0 Å². The smallest absolute Gasteiger partial charge is 0.0434 e. The number of aryl methyl sites for hydroxylation is 1. The van der Waals surface area contributed by atoms with Gasteiger partial charge in [-0.25, -0.2) is 0 Å². The highest BCUT2D eigenvalue weighted by molar-refractivity contribution is 5.15. The zero-order valence-corrected chi connectivity index (χ0v) is 11.0. The summed E-state index contributed by atoms with van der Waals surface area (Å²) < 4.78 is 0. The molecule has 1 rings (SSSR count). The van der Waals surface area contributed by atoms with Gasteiger partial charge in [-0.2, -0.15) is 0 Å². The normalized spacial score (nSPS) is 13.1. The predicted octanol–water partition coefficient (Wildman–Crippen LogP) is 3.23. The summed E-state index contributed by atoms with van der Waals surface area (Å²) in [6.45, 7) is 5.51. The molecule has 0 radical (unpaired) electrons. The van der Waals surface area contributed by atoms with Crippen molar-refractivity contribution < 1.29 is 0 Å². The lowest BCUT2D eigenvalue weighted by Gasteiger charge is -2.16. The molecule has 0 spiro atoms. The summed E-state index contributed by atoms with van der Waals surface area (Å²) in [7, 11) is 4.26. The molecule has 2 heteroatoms. The molecule has 0 aliphatic carbocycles. The standard InChI is InChI=1S/C14H24N2/c1-5-13(7-6-10-16(3)4)14-9-8-12(2)11-15-14/h8-9,11,13H,5-7,10H2,1-4H3. The topological polar surface area (TPSA) is 16.1 Å². The van der Waals surface area contributed by atoms with E-state index in [1.807, 2.05) is 6.20 Å². The zero-order chi connectivity index (χ0) is 12.0. The molecule has 1 aromatic heterocycles. The van der Waals surface area contributed by atoms with Gasteiger partial charge in [-0.05, 0) is 58.5 Å². The van der Waals surface area contributed by atoms with Crippen molar-refractivity contribution in [3.05, 3.63) is 29.6 Å². The lowest BCUT2D eigenvalue weighted by Crippen LogP contribution is -2.14. The highest BCUT2D eigenvalue weighted by Gasteiger charge is 2.10. The van der Waals surface area contributed by atoms with Crippen LogP contribution in [0, 0.1) is 6.92 Å². The van der Waals surface area contributed by atoms with E-state index in [1.165, 1.54) is 37.1 Å². The van der Waals surface area contributed by atoms with Crippen LogP contribution in [0.15, 0.2) is 18.3 Å². The van der Waals surface area contributed by atoms with E-state index in [2.05, 4.69) is 50.0 Å². The Balaban J connectivity index is 2.50. The Labute approximate surface area is 99.7 Å². The Morgan fingerprint density at radius 3 is 2.56 bits per heavy atom. The molecule has 0 fully saturated rings. The highest BCUT2D eigenvalue weighted by Crippen LogP contribution is 2.22. The van der Waals surface area contributed by atoms with E-state index in [0.717, 1.165) is 0 Å². The molecule has 1 aromatic rings. The third-order valence-corrected chi connectivity index (χ3v) is 3.00. The van der Waals surface area contributed by atoms with Crippen LogP contribution in [0.5, 0.6) is 0 Å². The lowest BCUT2D eigenvalue weighted by atomic mass is 9.95. The van der Waals surface area contributed by atoms with Crippen LogP contribution in [0.3, 0.4) is 0 Å². The lowest BCUT2D eigenvalue weighted by molar-refractivity contribution is 0.382. The molecule has 1 atom stereocenters. The van der Waals surface area contributed by atoms with E-state index in [0.29, 0.717) is 5.92 Å². The van der Waals surface area contributed by atoms with Gasteiger partial charge in [0.1, 0.15) is 0 Å². The minimum atomic E-state index is 0.626. The van der Waals surface area contributed by atoms with Crippen LogP contribution in [0.2, 0.25) is 0 Å². The van der Waals surface area contributed by atoms with Gasteiger partial charge in [0, 0.05) is 17.8 Å². The van der Waals surface area contributed by atoms with Crippen molar-refractivity contribution in [3.63, 3.8) is 0 Å². The van der Waals surface area contributed by atoms with E-state index in [1.54, 1.807) is 0 Å². The minimum absolute atomic E-state index is 0.626. The first-order chi connectivity index (χ1) is 7.63. The Morgan fingerprint density at radius 2 is 2.06 bits per heavy atom. The van der Waals surface area contributed by atoms with Gasteiger partial charge in [0.05, 0.1) is 0 Å². The Morgan fingerprint density at radius 1 is 1.31 bits per heavy atom. The van der Waals surface area contributed by atoms with Gasteiger partial charge in [-0.3, -0.25) is 4.98 Å². The molecule has 0 aliphatic heterocycles. The largest absolute Gasteiger partial charge is 0.309 e. The molecule has 2 nitrogen and oxygen atoms in total. The van der Waals surface area contributed by atoms with Crippen LogP contribution in [-0.2, 0) is 0 Å². The molecule has 0 aliphatic rings. The van der Waals surface area contributed by atoms with Crippen LogP contribution >= 0.6 is 0 Å². The van der Waals surface area contributed by atoms with Gasteiger partial charge in [-0.1, -0.05) is 13.0 Å². The van der Waals surface area contributed by atoms with Crippen LogP contribution in [0.25, 0.3) is 0 Å². The second-order valence-corrected chi connectivity index (χ2v) is 4.81. The molecule has 0 amide bonds. The predicted molar refractivity (Wildman–Crippen MR) is 69.8 cm³/mol. The average Bonchev–Trinajstić information content (AvgIpc) is 2.26. The van der Waals surface area contributed by atoms with Crippen molar-refractivity contribution in [3.8, 4) is 0 Å². The molecule has 0 saturated carbocycles. The third kappa shape index (κ3) is 4.31. The Bertz CT molecular complexity index is 290. The summed E-state index contributed by atoms with van der Waals surface area (Å²) in [4.78, 5) is 6.78. The fraction of sp³-hybridized carbons (Fsp3) is 0.643. The number of hydrogen-bond donors (Lipinski definition) is 0. The van der Waals surface area contributed by atoms with Gasteiger partial charge in [-0.15, -0.1) is 0 Å². The second-order valence-electron chi connectivity index (χ2n) is 4.81. The summed E-state index contributed by atoms with van der Waals surface area (Å²) in [5.74, 6) is 0.626. The summed E-state index contributed by atoms with van der Waals surface area (Å²) in [6, 6.07) is 4.34. The minimum Gasteiger partial charge on any atom is -0.309 e. The first-order valence-corrected chi connectivity index (χ1v) is 6.20. The SMILES string of the molecule is CCC(CCCN(C)C)c1ccc(C)cn1. The molecule has 90 valence electrons. The van der Waals surface area contributed by atoms with E-state index in [4.69, 9.17) is 0 Å². The van der Waals surface area contributed by atoms with Crippen LogP contribution in [0.1, 0.15) is 43.4 Å². The maximum Gasteiger partial charge on any atom is 0.0434 e. The average molecular weight is 220 g/mol. The van der Waals surface area contributed by atoms with Crippen molar-refractivity contribution in [2.75, 3.05) is 20.6 Å².